The van der Waals surface area contributed by atoms with Crippen LogP contribution < -0.4 is 4.90 Å². The first-order valence-electron chi connectivity index (χ1n) is 5.68. The average molecular weight is 233 g/mol. The van der Waals surface area contributed by atoms with E-state index < -0.39 is 0 Å². The van der Waals surface area contributed by atoms with E-state index in [0.29, 0.717) is 11.7 Å². The maximum Gasteiger partial charge on any atom is 0.158 e. The molecule has 0 fully saturated rings. The monoisotopic (exact) mass is 233 g/mol. The van der Waals surface area contributed by atoms with Crippen molar-refractivity contribution >= 4 is 5.82 Å². The van der Waals surface area contributed by atoms with Crippen LogP contribution in [0.1, 0.15) is 19.5 Å². The molecule has 0 amide bonds. The number of nitriles is 1. The van der Waals surface area contributed by atoms with Crippen molar-refractivity contribution in [1.29, 1.82) is 5.26 Å². The highest BCUT2D eigenvalue weighted by molar-refractivity contribution is 5.38. The number of aromatic nitrogens is 2. The van der Waals surface area contributed by atoms with Gasteiger partial charge >= 0.3 is 0 Å². The van der Waals surface area contributed by atoms with E-state index in [1.165, 1.54) is 6.20 Å². The van der Waals surface area contributed by atoms with E-state index in [-0.39, 0.29) is 0 Å². The molecule has 1 aromatic rings. The summed E-state index contributed by atoms with van der Waals surface area (Å²) in [7, 11) is 4.09. The molecule has 5 nitrogen and oxygen atoms in total. The fraction of sp³-hybridized carbons (Fsp3) is 0.583. The van der Waals surface area contributed by atoms with Crippen molar-refractivity contribution in [2.45, 2.75) is 19.9 Å². The molecule has 0 atom stereocenters. The maximum absolute atomic E-state index is 8.68. The topological polar surface area (TPSA) is 56.0 Å². The first-order chi connectivity index (χ1) is 8.04. The predicted molar refractivity (Wildman–Crippen MR) is 67.8 cm³/mol. The van der Waals surface area contributed by atoms with Crippen molar-refractivity contribution in [3.8, 4) is 6.07 Å². The van der Waals surface area contributed by atoms with Gasteiger partial charge in [-0.15, -0.1) is 0 Å². The van der Waals surface area contributed by atoms with E-state index in [1.54, 1.807) is 6.20 Å². The van der Waals surface area contributed by atoms with Crippen LogP contribution in [0.25, 0.3) is 0 Å². The Kier molecular flexibility index (Phi) is 4.85. The highest BCUT2D eigenvalue weighted by Gasteiger charge is 2.12. The summed E-state index contributed by atoms with van der Waals surface area (Å²) < 4.78 is 0. The van der Waals surface area contributed by atoms with Crippen LogP contribution >= 0.6 is 0 Å². The summed E-state index contributed by atoms with van der Waals surface area (Å²) in [6, 6.07) is 2.33. The molecule has 0 saturated heterocycles. The predicted octanol–water partition coefficient (Wildman–Crippen LogP) is 1.12. The molecule has 0 N–H and O–H groups in total. The summed E-state index contributed by atoms with van der Waals surface area (Å²) in [6.45, 7) is 6.09. The van der Waals surface area contributed by atoms with Crippen molar-refractivity contribution in [2.75, 3.05) is 32.1 Å². The van der Waals surface area contributed by atoms with Crippen molar-refractivity contribution in [3.05, 3.63) is 18.1 Å². The zero-order valence-corrected chi connectivity index (χ0v) is 10.9. The van der Waals surface area contributed by atoms with Crippen LogP contribution in [0.15, 0.2) is 12.4 Å². The van der Waals surface area contributed by atoms with Crippen LogP contribution in [0.5, 0.6) is 0 Å². The molecule has 1 rings (SSSR count). The molecule has 0 aliphatic rings. The molecule has 0 spiro atoms. The molecule has 0 radical (unpaired) electrons. The number of anilines is 1. The van der Waals surface area contributed by atoms with E-state index in [4.69, 9.17) is 5.26 Å². The van der Waals surface area contributed by atoms with Gasteiger partial charge in [-0.3, -0.25) is 0 Å². The summed E-state index contributed by atoms with van der Waals surface area (Å²) in [5.41, 5.74) is 0.352. The van der Waals surface area contributed by atoms with E-state index in [0.717, 1.165) is 18.9 Å². The third kappa shape index (κ3) is 4.00. The van der Waals surface area contributed by atoms with Crippen molar-refractivity contribution in [2.24, 2.45) is 0 Å². The van der Waals surface area contributed by atoms with Gasteiger partial charge in [-0.05, 0) is 27.9 Å². The number of nitrogens with zero attached hydrogens (tertiary/aromatic N) is 5. The smallest absolute Gasteiger partial charge is 0.158 e. The van der Waals surface area contributed by atoms with Crippen LogP contribution in [0.2, 0.25) is 0 Å². The highest BCUT2D eigenvalue weighted by atomic mass is 15.2. The number of hydrogen-bond donors (Lipinski definition) is 0. The number of likely N-dealkylation sites (N-methyl/N-ethyl adjacent to an activating group) is 1. The lowest BCUT2D eigenvalue weighted by molar-refractivity contribution is 0.407. The normalized spacial score (nSPS) is 10.6. The first kappa shape index (κ1) is 13.4. The second-order valence-electron chi connectivity index (χ2n) is 4.46. The lowest BCUT2D eigenvalue weighted by Gasteiger charge is -2.28. The van der Waals surface area contributed by atoms with Crippen molar-refractivity contribution in [3.63, 3.8) is 0 Å². The molecule has 0 unspecified atom stereocenters. The van der Waals surface area contributed by atoms with Crippen LogP contribution in [-0.4, -0.2) is 48.1 Å². The van der Waals surface area contributed by atoms with Gasteiger partial charge in [0.15, 0.2) is 5.69 Å². The lowest BCUT2D eigenvalue weighted by Crippen LogP contribution is -2.37. The fourth-order valence-electron chi connectivity index (χ4n) is 1.47. The van der Waals surface area contributed by atoms with E-state index in [1.807, 2.05) is 20.2 Å². The zero-order valence-electron chi connectivity index (χ0n) is 10.9. The van der Waals surface area contributed by atoms with Crippen LogP contribution in [0, 0.1) is 11.3 Å². The number of rotatable bonds is 5. The Bertz CT molecular complexity index is 377. The first-order valence-corrected chi connectivity index (χ1v) is 5.68. The van der Waals surface area contributed by atoms with Crippen LogP contribution in [0.3, 0.4) is 0 Å². The summed E-state index contributed by atoms with van der Waals surface area (Å²) >= 11 is 0. The van der Waals surface area contributed by atoms with Gasteiger partial charge in [-0.25, -0.2) is 9.97 Å². The molecule has 5 heteroatoms. The molecule has 1 aromatic heterocycles. The standard InChI is InChI=1S/C12H19N5/c1-10(2)17(6-5-16(3)4)12-9-14-11(7-13)8-15-12/h8-10H,5-6H2,1-4H3. The SMILES string of the molecule is CC(C)N(CCN(C)C)c1cnc(C#N)cn1. The van der Waals surface area contributed by atoms with Crippen molar-refractivity contribution in [1.82, 2.24) is 14.9 Å². The quantitative estimate of drug-likeness (QED) is 0.763. The summed E-state index contributed by atoms with van der Waals surface area (Å²) in [6.07, 6.45) is 3.18. The minimum absolute atomic E-state index is 0.352. The van der Waals surface area contributed by atoms with Gasteiger partial charge in [0.1, 0.15) is 11.9 Å². The molecule has 0 aliphatic carbocycles. The van der Waals surface area contributed by atoms with Crippen molar-refractivity contribution < 1.29 is 0 Å². The fourth-order valence-corrected chi connectivity index (χ4v) is 1.47. The van der Waals surface area contributed by atoms with Gasteiger partial charge < -0.3 is 9.80 Å². The Labute approximate surface area is 103 Å². The number of hydrogen-bond acceptors (Lipinski definition) is 5. The molecule has 1 heterocycles. The van der Waals surface area contributed by atoms with Gasteiger partial charge in [0, 0.05) is 19.1 Å². The van der Waals surface area contributed by atoms with E-state index in [9.17, 15) is 0 Å². The van der Waals surface area contributed by atoms with Crippen LogP contribution in [-0.2, 0) is 0 Å². The summed E-state index contributed by atoms with van der Waals surface area (Å²) in [5.74, 6) is 0.820. The van der Waals surface area contributed by atoms with Gasteiger partial charge in [0.25, 0.3) is 0 Å². The third-order valence-corrected chi connectivity index (χ3v) is 2.46. The highest BCUT2D eigenvalue weighted by Crippen LogP contribution is 2.12. The zero-order chi connectivity index (χ0) is 12.8. The molecule has 0 aliphatic heterocycles. The van der Waals surface area contributed by atoms with Gasteiger partial charge in [-0.2, -0.15) is 5.26 Å². The van der Waals surface area contributed by atoms with E-state index >= 15 is 0 Å². The Balaban J connectivity index is 2.79. The molecular weight excluding hydrogens is 214 g/mol. The Morgan fingerprint density at radius 2 is 1.94 bits per heavy atom. The molecule has 17 heavy (non-hydrogen) atoms. The largest absolute Gasteiger partial charge is 0.352 e. The second-order valence-corrected chi connectivity index (χ2v) is 4.46. The second kappa shape index (κ2) is 6.16. The van der Waals surface area contributed by atoms with Gasteiger partial charge in [0.05, 0.1) is 12.4 Å². The molecule has 92 valence electrons. The molecule has 0 aromatic carbocycles. The Morgan fingerprint density at radius 3 is 2.35 bits per heavy atom. The van der Waals surface area contributed by atoms with E-state index in [2.05, 4.69) is 33.6 Å². The third-order valence-electron chi connectivity index (χ3n) is 2.46. The minimum atomic E-state index is 0.352. The van der Waals surface area contributed by atoms with Crippen LogP contribution in [0.4, 0.5) is 5.82 Å². The average Bonchev–Trinajstić information content (AvgIpc) is 2.29. The summed E-state index contributed by atoms with van der Waals surface area (Å²) in [4.78, 5) is 12.6. The Morgan fingerprint density at radius 1 is 1.24 bits per heavy atom. The van der Waals surface area contributed by atoms with Gasteiger partial charge in [0.2, 0.25) is 0 Å². The molecular formula is C12H19N5. The summed E-state index contributed by atoms with van der Waals surface area (Å²) in [5, 5.41) is 8.68. The minimum Gasteiger partial charge on any atom is -0.352 e. The molecule has 0 saturated carbocycles. The molecule has 0 bridgehead atoms. The Hall–Kier alpha value is -1.67. The van der Waals surface area contributed by atoms with Gasteiger partial charge in [-0.1, -0.05) is 0 Å². The lowest BCUT2D eigenvalue weighted by atomic mass is 10.3. The maximum atomic E-state index is 8.68.